The van der Waals surface area contributed by atoms with E-state index in [-0.39, 0.29) is 0 Å². The summed E-state index contributed by atoms with van der Waals surface area (Å²) in [7, 11) is 2.08. The third-order valence-electron chi connectivity index (χ3n) is 2.86. The maximum absolute atomic E-state index is 4.50. The van der Waals surface area contributed by atoms with Crippen LogP contribution in [-0.4, -0.2) is 25.1 Å². The predicted molar refractivity (Wildman–Crippen MR) is 78.9 cm³/mol. The summed E-state index contributed by atoms with van der Waals surface area (Å²) in [4.78, 5) is 6.68. The molecule has 1 aromatic rings. The number of unbranched alkanes of at least 4 members (excludes halogenated alkanes) is 1. The Hall–Kier alpha value is -1.35. The molecule has 0 aliphatic rings. The van der Waals surface area contributed by atoms with Gasteiger partial charge in [-0.05, 0) is 37.4 Å². The number of hydrogen-bond donors (Lipinski definition) is 1. The van der Waals surface area contributed by atoms with Gasteiger partial charge in [-0.2, -0.15) is 0 Å². The fourth-order valence-corrected chi connectivity index (χ4v) is 1.74. The summed E-state index contributed by atoms with van der Waals surface area (Å²) in [5.74, 6) is 1.04. The lowest BCUT2D eigenvalue weighted by molar-refractivity contribution is 0.673. The van der Waals surface area contributed by atoms with E-state index >= 15 is 0 Å². The first-order valence-electron chi connectivity index (χ1n) is 6.75. The third kappa shape index (κ3) is 5.32. The highest BCUT2D eigenvalue weighted by atomic mass is 15.2. The Morgan fingerprint density at radius 2 is 2.28 bits per heavy atom. The molecule has 1 rings (SSSR count). The van der Waals surface area contributed by atoms with Crippen LogP contribution in [0.15, 0.2) is 31.0 Å². The molecule has 0 unspecified atom stereocenters. The van der Waals surface area contributed by atoms with E-state index in [2.05, 4.69) is 47.9 Å². The molecule has 0 saturated heterocycles. The van der Waals surface area contributed by atoms with E-state index in [0.29, 0.717) is 0 Å². The monoisotopic (exact) mass is 247 g/mol. The lowest BCUT2D eigenvalue weighted by Crippen LogP contribution is -2.20. The molecular weight excluding hydrogens is 222 g/mol. The minimum absolute atomic E-state index is 0.904. The van der Waals surface area contributed by atoms with Crippen LogP contribution in [0.2, 0.25) is 0 Å². The molecule has 1 N–H and O–H groups in total. The Morgan fingerprint density at radius 1 is 1.44 bits per heavy atom. The quantitative estimate of drug-likeness (QED) is 0.537. The van der Waals surface area contributed by atoms with Crippen LogP contribution in [0.3, 0.4) is 0 Å². The Morgan fingerprint density at radius 3 is 2.89 bits per heavy atom. The molecule has 0 atom stereocenters. The number of allylic oxidation sites excluding steroid dienone is 1. The van der Waals surface area contributed by atoms with Gasteiger partial charge in [0, 0.05) is 26.3 Å². The number of nitrogens with zero attached hydrogens (tertiary/aromatic N) is 2. The Labute approximate surface area is 111 Å². The van der Waals surface area contributed by atoms with Crippen molar-refractivity contribution in [2.75, 3.05) is 25.0 Å². The highest BCUT2D eigenvalue weighted by Crippen LogP contribution is 2.10. The van der Waals surface area contributed by atoms with Gasteiger partial charge in [0.2, 0.25) is 0 Å². The highest BCUT2D eigenvalue weighted by Gasteiger charge is 2.01. The van der Waals surface area contributed by atoms with Crippen molar-refractivity contribution in [3.05, 3.63) is 36.5 Å². The first kappa shape index (κ1) is 14.7. The van der Waals surface area contributed by atoms with Crippen molar-refractivity contribution in [2.45, 2.75) is 32.7 Å². The molecule has 0 amide bonds. The Balaban J connectivity index is 2.40. The van der Waals surface area contributed by atoms with Crippen LogP contribution < -0.4 is 10.2 Å². The number of nitrogens with one attached hydrogen (secondary N) is 1. The molecule has 3 nitrogen and oxygen atoms in total. The number of aromatic nitrogens is 1. The number of anilines is 1. The lowest BCUT2D eigenvalue weighted by atomic mass is 10.2. The van der Waals surface area contributed by atoms with E-state index < -0.39 is 0 Å². The minimum atomic E-state index is 0.904. The van der Waals surface area contributed by atoms with Gasteiger partial charge in [0.05, 0.1) is 0 Å². The van der Waals surface area contributed by atoms with E-state index in [1.165, 1.54) is 5.56 Å². The predicted octanol–water partition coefficient (Wildman–Crippen LogP) is 2.98. The van der Waals surface area contributed by atoms with Crippen molar-refractivity contribution in [2.24, 2.45) is 0 Å². The van der Waals surface area contributed by atoms with Crippen LogP contribution in [0.4, 0.5) is 5.82 Å². The van der Waals surface area contributed by atoms with Crippen LogP contribution >= 0.6 is 0 Å². The first-order valence-corrected chi connectivity index (χ1v) is 6.75. The molecule has 0 aliphatic carbocycles. The van der Waals surface area contributed by atoms with Gasteiger partial charge in [-0.25, -0.2) is 4.98 Å². The van der Waals surface area contributed by atoms with Gasteiger partial charge in [-0.15, -0.1) is 6.58 Å². The Bertz CT molecular complexity index is 332. The normalized spacial score (nSPS) is 10.3. The maximum atomic E-state index is 4.50. The standard InChI is InChI=1S/C15H25N3/c1-4-6-7-11-18(3)15-9-8-14(13-17-15)12-16-10-5-2/h4,8-9,13,16H,1,5-7,10-12H2,2-3H3. The largest absolute Gasteiger partial charge is 0.360 e. The number of rotatable bonds is 9. The SMILES string of the molecule is C=CCCCN(C)c1ccc(CNCCC)cn1. The summed E-state index contributed by atoms with van der Waals surface area (Å²) in [6.07, 6.45) is 7.27. The van der Waals surface area contributed by atoms with Crippen molar-refractivity contribution in [3.8, 4) is 0 Å². The fourth-order valence-electron chi connectivity index (χ4n) is 1.74. The fraction of sp³-hybridized carbons (Fsp3) is 0.533. The van der Waals surface area contributed by atoms with Gasteiger partial charge >= 0.3 is 0 Å². The number of pyridine rings is 1. The summed E-state index contributed by atoms with van der Waals surface area (Å²) in [5.41, 5.74) is 1.24. The van der Waals surface area contributed by atoms with Crippen LogP contribution in [0.1, 0.15) is 31.7 Å². The lowest BCUT2D eigenvalue weighted by Gasteiger charge is -2.17. The summed E-state index contributed by atoms with van der Waals surface area (Å²) < 4.78 is 0. The molecule has 3 heteroatoms. The average molecular weight is 247 g/mol. The minimum Gasteiger partial charge on any atom is -0.360 e. The summed E-state index contributed by atoms with van der Waals surface area (Å²) in [5, 5.41) is 3.38. The van der Waals surface area contributed by atoms with Crippen LogP contribution in [0.25, 0.3) is 0 Å². The molecule has 1 heterocycles. The molecule has 0 spiro atoms. The van der Waals surface area contributed by atoms with Gasteiger partial charge in [0.15, 0.2) is 0 Å². The summed E-state index contributed by atoms with van der Waals surface area (Å²) in [6, 6.07) is 4.24. The molecule has 0 radical (unpaired) electrons. The van der Waals surface area contributed by atoms with Crippen LogP contribution in [-0.2, 0) is 6.54 Å². The smallest absolute Gasteiger partial charge is 0.128 e. The molecule has 0 aliphatic heterocycles. The molecule has 1 aromatic heterocycles. The summed E-state index contributed by atoms with van der Waals surface area (Å²) >= 11 is 0. The van der Waals surface area contributed by atoms with Gasteiger partial charge in [0.1, 0.15) is 5.82 Å². The van der Waals surface area contributed by atoms with Crippen molar-refractivity contribution >= 4 is 5.82 Å². The highest BCUT2D eigenvalue weighted by molar-refractivity contribution is 5.38. The van der Waals surface area contributed by atoms with E-state index in [1.54, 1.807) is 0 Å². The van der Waals surface area contributed by atoms with Crippen LogP contribution in [0.5, 0.6) is 0 Å². The van der Waals surface area contributed by atoms with Crippen molar-refractivity contribution in [3.63, 3.8) is 0 Å². The maximum Gasteiger partial charge on any atom is 0.128 e. The zero-order chi connectivity index (χ0) is 13.2. The van der Waals surface area contributed by atoms with E-state index in [9.17, 15) is 0 Å². The summed E-state index contributed by atoms with van der Waals surface area (Å²) in [6.45, 7) is 8.89. The number of hydrogen-bond acceptors (Lipinski definition) is 3. The molecular formula is C15H25N3. The van der Waals surface area contributed by atoms with Gasteiger partial charge in [-0.3, -0.25) is 0 Å². The molecule has 0 aromatic carbocycles. The van der Waals surface area contributed by atoms with E-state index in [4.69, 9.17) is 0 Å². The molecule has 100 valence electrons. The first-order chi connectivity index (χ1) is 8.77. The van der Waals surface area contributed by atoms with Gasteiger partial charge < -0.3 is 10.2 Å². The van der Waals surface area contributed by atoms with Crippen LogP contribution in [0, 0.1) is 0 Å². The van der Waals surface area contributed by atoms with E-state index in [1.807, 2.05) is 12.3 Å². The zero-order valence-electron chi connectivity index (χ0n) is 11.7. The third-order valence-corrected chi connectivity index (χ3v) is 2.86. The second kappa shape index (κ2) is 8.70. The van der Waals surface area contributed by atoms with E-state index in [0.717, 1.165) is 44.7 Å². The van der Waals surface area contributed by atoms with Gasteiger partial charge in [-0.1, -0.05) is 19.1 Å². The molecule has 0 bridgehead atoms. The van der Waals surface area contributed by atoms with Crippen molar-refractivity contribution in [1.82, 2.24) is 10.3 Å². The zero-order valence-corrected chi connectivity index (χ0v) is 11.7. The second-order valence-corrected chi connectivity index (χ2v) is 4.55. The van der Waals surface area contributed by atoms with Gasteiger partial charge in [0.25, 0.3) is 0 Å². The molecule has 0 saturated carbocycles. The van der Waals surface area contributed by atoms with Crippen molar-refractivity contribution in [1.29, 1.82) is 0 Å². The van der Waals surface area contributed by atoms with Crippen molar-refractivity contribution < 1.29 is 0 Å². The molecule has 0 fully saturated rings. The Kier molecular flexibility index (Phi) is 7.11. The average Bonchev–Trinajstić information content (AvgIpc) is 2.40. The molecule has 18 heavy (non-hydrogen) atoms. The topological polar surface area (TPSA) is 28.2 Å². The second-order valence-electron chi connectivity index (χ2n) is 4.55.